The molecule has 0 aromatic heterocycles. The predicted molar refractivity (Wildman–Crippen MR) is 72.4 cm³/mol. The fourth-order valence-electron chi connectivity index (χ4n) is 1.24. The quantitative estimate of drug-likeness (QED) is 0.635. The molecule has 0 fully saturated rings. The van der Waals surface area contributed by atoms with E-state index in [-0.39, 0.29) is 0 Å². The van der Waals surface area contributed by atoms with Gasteiger partial charge in [-0.1, -0.05) is 0 Å². The van der Waals surface area contributed by atoms with Crippen molar-refractivity contribution in [3.63, 3.8) is 0 Å². The Hall–Kier alpha value is -0.490. The van der Waals surface area contributed by atoms with Gasteiger partial charge >= 0.3 is 6.09 Å². The van der Waals surface area contributed by atoms with Crippen LogP contribution in [0.2, 0.25) is 0 Å². The van der Waals surface area contributed by atoms with E-state index in [0.717, 1.165) is 0 Å². The van der Waals surface area contributed by atoms with E-state index in [0.29, 0.717) is 20.7 Å². The molecule has 0 aromatic carbocycles. The van der Waals surface area contributed by atoms with Crippen LogP contribution in [0.4, 0.5) is 4.79 Å². The molecule has 0 bridgehead atoms. The zero-order valence-corrected chi connectivity index (χ0v) is 13.6. The molecule has 0 unspecified atom stereocenters. The lowest BCUT2D eigenvalue weighted by molar-refractivity contribution is 0.0344. The largest absolute Gasteiger partial charge is 0.443 e. The van der Waals surface area contributed by atoms with Crippen molar-refractivity contribution in [2.75, 3.05) is 0 Å². The number of rotatable bonds is 0. The summed E-state index contributed by atoms with van der Waals surface area (Å²) in [6.07, 6.45) is -0.426. The molecule has 1 aliphatic heterocycles. The smallest absolute Gasteiger partial charge is 0.419 e. The third-order valence-corrected chi connectivity index (χ3v) is 3.47. The van der Waals surface area contributed by atoms with Crippen molar-refractivity contribution in [1.82, 2.24) is 4.90 Å². The summed E-state index contributed by atoms with van der Waals surface area (Å²) in [5.41, 5.74) is 0.773. The van der Waals surface area contributed by atoms with Crippen LogP contribution in [-0.4, -0.2) is 16.6 Å². The molecule has 0 atom stereocenters. The molecule has 0 saturated carbocycles. The van der Waals surface area contributed by atoms with E-state index in [1.165, 1.54) is 4.90 Å². The van der Waals surface area contributed by atoms with Crippen LogP contribution in [0.3, 0.4) is 0 Å². The zero-order chi connectivity index (χ0) is 13.4. The third-order valence-electron chi connectivity index (χ3n) is 2.00. The number of carbonyl (C=O) groups is 1. The summed E-state index contributed by atoms with van der Waals surface area (Å²) >= 11 is 6.51. The minimum atomic E-state index is -0.533. The highest BCUT2D eigenvalue weighted by Gasteiger charge is 2.30. The number of carbonyl (C=O) groups excluding carboxylic acids is 1. The Bertz CT molecular complexity index is 383. The van der Waals surface area contributed by atoms with Gasteiger partial charge in [0.2, 0.25) is 0 Å². The maximum absolute atomic E-state index is 12.1. The van der Waals surface area contributed by atoms with Gasteiger partial charge in [0, 0.05) is 0 Å². The van der Waals surface area contributed by atoms with Crippen molar-refractivity contribution >= 4 is 38.0 Å². The molecule has 0 aliphatic carbocycles. The number of amides is 1. The van der Waals surface area contributed by atoms with E-state index >= 15 is 0 Å². The van der Waals surface area contributed by atoms with Gasteiger partial charge in [-0.15, -0.1) is 0 Å². The summed E-state index contributed by atoms with van der Waals surface area (Å²) < 4.78 is 11.7. The van der Waals surface area contributed by atoms with Crippen LogP contribution in [0.15, 0.2) is 20.7 Å². The molecule has 6 heteroatoms. The van der Waals surface area contributed by atoms with Crippen LogP contribution in [-0.2, 0) is 9.47 Å². The first kappa shape index (κ1) is 14.6. The first-order valence-corrected chi connectivity index (χ1v) is 6.66. The Morgan fingerprint density at radius 3 is 1.94 bits per heavy atom. The van der Waals surface area contributed by atoms with Crippen molar-refractivity contribution in [1.29, 1.82) is 0 Å². The van der Waals surface area contributed by atoms with Gasteiger partial charge in [0.25, 0.3) is 0 Å². The highest BCUT2D eigenvalue weighted by atomic mass is 79.9. The molecule has 96 valence electrons. The van der Waals surface area contributed by atoms with Gasteiger partial charge in [-0.05, 0) is 66.5 Å². The molecule has 4 nitrogen and oxygen atoms in total. The first-order valence-electron chi connectivity index (χ1n) is 5.07. The lowest BCUT2D eigenvalue weighted by Gasteiger charge is -2.31. The van der Waals surface area contributed by atoms with Gasteiger partial charge in [-0.2, -0.15) is 0 Å². The van der Waals surface area contributed by atoms with E-state index in [4.69, 9.17) is 9.47 Å². The minimum Gasteiger partial charge on any atom is -0.443 e. The summed E-state index contributed by atoms with van der Waals surface area (Å²) in [7, 11) is 0. The third kappa shape index (κ3) is 3.48. The molecule has 17 heavy (non-hydrogen) atoms. The van der Waals surface area contributed by atoms with Crippen LogP contribution < -0.4 is 0 Å². The van der Waals surface area contributed by atoms with E-state index in [2.05, 4.69) is 31.9 Å². The summed E-state index contributed by atoms with van der Waals surface area (Å²) in [4.78, 5) is 13.5. The lowest BCUT2D eigenvalue weighted by Crippen LogP contribution is -2.36. The molecule has 0 spiro atoms. The molecule has 1 aliphatic rings. The van der Waals surface area contributed by atoms with E-state index < -0.39 is 11.7 Å². The Morgan fingerprint density at radius 1 is 1.18 bits per heavy atom. The van der Waals surface area contributed by atoms with Crippen molar-refractivity contribution < 1.29 is 14.3 Å². The summed E-state index contributed by atoms with van der Waals surface area (Å²) in [6.45, 7) is 9.03. The van der Waals surface area contributed by atoms with Gasteiger partial charge in [-0.25, -0.2) is 9.69 Å². The van der Waals surface area contributed by atoms with Crippen LogP contribution in [0.5, 0.6) is 0 Å². The summed E-state index contributed by atoms with van der Waals surface area (Å²) in [5.74, 6) is 0. The molecule has 1 rings (SSSR count). The van der Waals surface area contributed by atoms with Crippen LogP contribution >= 0.6 is 31.9 Å². The molecule has 0 aromatic rings. The number of allylic oxidation sites excluding steroid dienone is 2. The fraction of sp³-hybridized carbons (Fsp3) is 0.545. The summed E-state index contributed by atoms with van der Waals surface area (Å²) in [5, 5.41) is 0. The molecule has 1 amide bonds. The van der Waals surface area contributed by atoms with Crippen LogP contribution in [0.1, 0.15) is 34.6 Å². The number of hydrogen-bond donors (Lipinski definition) is 0. The van der Waals surface area contributed by atoms with Crippen LogP contribution in [0, 0.1) is 0 Å². The van der Waals surface area contributed by atoms with Gasteiger partial charge < -0.3 is 9.47 Å². The van der Waals surface area contributed by atoms with E-state index in [1.54, 1.807) is 13.8 Å². The second kappa shape index (κ2) is 5.02. The van der Waals surface area contributed by atoms with Crippen molar-refractivity contribution in [2.45, 2.75) is 40.2 Å². The monoisotopic (exact) mass is 367 g/mol. The molecular weight excluding hydrogens is 354 g/mol. The van der Waals surface area contributed by atoms with Crippen molar-refractivity contribution in [3.05, 3.63) is 20.7 Å². The standard InChI is InChI=1S/C11H15Br2NO3/c1-6-8(12)16-9(13)7(2)14(6)10(15)17-11(3,4)5/h1-5H3. The Morgan fingerprint density at radius 2 is 1.59 bits per heavy atom. The first-order chi connectivity index (χ1) is 7.63. The number of hydrogen-bond acceptors (Lipinski definition) is 3. The molecule has 1 heterocycles. The van der Waals surface area contributed by atoms with E-state index in [9.17, 15) is 4.79 Å². The highest BCUT2D eigenvalue weighted by molar-refractivity contribution is 9.12. The normalized spacial score (nSPS) is 17.2. The van der Waals surface area contributed by atoms with Gasteiger partial charge in [0.15, 0.2) is 9.34 Å². The van der Waals surface area contributed by atoms with Crippen molar-refractivity contribution in [3.8, 4) is 0 Å². The molecule has 0 radical (unpaired) electrons. The molecule has 0 saturated heterocycles. The van der Waals surface area contributed by atoms with Gasteiger partial charge in [0.05, 0.1) is 11.4 Å². The maximum Gasteiger partial charge on any atom is 0.419 e. The SMILES string of the molecule is CC1=C(Br)OC(Br)=C(C)N1C(=O)OC(C)(C)C. The molecular formula is C11H15Br2NO3. The van der Waals surface area contributed by atoms with Gasteiger partial charge in [0.1, 0.15) is 5.60 Å². The Labute approximate surface area is 118 Å². The lowest BCUT2D eigenvalue weighted by atomic mass is 10.2. The molecule has 0 N–H and O–H groups in total. The Kier molecular flexibility index (Phi) is 4.30. The van der Waals surface area contributed by atoms with Gasteiger partial charge in [-0.3, -0.25) is 0 Å². The second-order valence-corrected chi connectivity index (χ2v) is 6.08. The topological polar surface area (TPSA) is 38.8 Å². The average Bonchev–Trinajstić information content (AvgIpc) is 2.12. The number of nitrogens with zero attached hydrogens (tertiary/aromatic N) is 1. The van der Waals surface area contributed by atoms with Crippen molar-refractivity contribution in [2.24, 2.45) is 0 Å². The Balaban J connectivity index is 3.02. The van der Waals surface area contributed by atoms with Crippen LogP contribution in [0.25, 0.3) is 0 Å². The second-order valence-electron chi connectivity index (χ2n) is 4.64. The van der Waals surface area contributed by atoms with E-state index in [1.807, 2.05) is 20.8 Å². The highest BCUT2D eigenvalue weighted by Crippen LogP contribution is 2.34. The maximum atomic E-state index is 12.1. The fourth-order valence-corrected chi connectivity index (χ4v) is 2.13. The minimum absolute atomic E-state index is 0.426. The average molecular weight is 369 g/mol. The number of halogens is 2. The predicted octanol–water partition coefficient (Wildman–Crippen LogP) is 4.42. The zero-order valence-electron chi connectivity index (χ0n) is 10.4. The number of ether oxygens (including phenoxy) is 2. The summed E-state index contributed by atoms with van der Waals surface area (Å²) in [6, 6.07) is 0.